The van der Waals surface area contributed by atoms with Crippen molar-refractivity contribution in [3.8, 4) is 0 Å². The van der Waals surface area contributed by atoms with Gasteiger partial charge in [0.05, 0.1) is 11.4 Å². The minimum Gasteiger partial charge on any atom is -0.278 e. The van der Waals surface area contributed by atoms with Crippen molar-refractivity contribution < 1.29 is 0 Å². The maximum Gasteiger partial charge on any atom is 0.0905 e. The predicted molar refractivity (Wildman–Crippen MR) is 98.5 cm³/mol. The molecule has 0 unspecified atom stereocenters. The zero-order valence-corrected chi connectivity index (χ0v) is 12.8. The zero-order chi connectivity index (χ0) is 15.9. The molecule has 1 aliphatic rings. The van der Waals surface area contributed by atoms with Crippen LogP contribution in [0.3, 0.4) is 0 Å². The highest BCUT2D eigenvalue weighted by Gasteiger charge is 2.03. The Morgan fingerprint density at radius 2 is 1.65 bits per heavy atom. The zero-order valence-electron chi connectivity index (χ0n) is 12.8. The molecule has 3 rings (SSSR count). The van der Waals surface area contributed by atoms with E-state index in [1.165, 1.54) is 0 Å². The van der Waals surface area contributed by atoms with Crippen LogP contribution < -0.4 is 5.43 Å². The summed E-state index contributed by atoms with van der Waals surface area (Å²) < 4.78 is 0. The Bertz CT molecular complexity index is 794. The fourth-order valence-electron chi connectivity index (χ4n) is 2.25. The molecule has 0 aliphatic heterocycles. The Hall–Kier alpha value is -3.13. The topological polar surface area (TPSA) is 24.4 Å². The van der Waals surface area contributed by atoms with Crippen LogP contribution in [0.2, 0.25) is 0 Å². The lowest BCUT2D eigenvalue weighted by atomic mass is 10.1. The fourth-order valence-corrected chi connectivity index (χ4v) is 2.25. The van der Waals surface area contributed by atoms with Gasteiger partial charge < -0.3 is 0 Å². The summed E-state index contributed by atoms with van der Waals surface area (Å²) in [6.45, 7) is 4.02. The van der Waals surface area contributed by atoms with Gasteiger partial charge >= 0.3 is 0 Å². The van der Waals surface area contributed by atoms with Gasteiger partial charge in [0.15, 0.2) is 0 Å². The van der Waals surface area contributed by atoms with Crippen LogP contribution in [0.15, 0.2) is 114 Å². The molecule has 0 saturated carbocycles. The summed E-state index contributed by atoms with van der Waals surface area (Å²) in [5.41, 5.74) is 8.12. The molecular formula is C21H18N2. The van der Waals surface area contributed by atoms with E-state index in [0.717, 1.165) is 28.1 Å². The van der Waals surface area contributed by atoms with Gasteiger partial charge in [-0.3, -0.25) is 5.43 Å². The van der Waals surface area contributed by atoms with E-state index in [4.69, 9.17) is 0 Å². The second-order valence-corrected chi connectivity index (χ2v) is 5.18. The van der Waals surface area contributed by atoms with Gasteiger partial charge in [0.1, 0.15) is 0 Å². The highest BCUT2D eigenvalue weighted by molar-refractivity contribution is 6.09. The van der Waals surface area contributed by atoms with Crippen LogP contribution in [0.4, 0.5) is 5.69 Å². The number of nitrogens with zero attached hydrogens (tertiary/aromatic N) is 1. The second-order valence-electron chi connectivity index (χ2n) is 5.18. The van der Waals surface area contributed by atoms with E-state index in [2.05, 4.69) is 17.1 Å². The van der Waals surface area contributed by atoms with Gasteiger partial charge in [-0.2, -0.15) is 5.10 Å². The Morgan fingerprint density at radius 3 is 2.30 bits per heavy atom. The highest BCUT2D eigenvalue weighted by Crippen LogP contribution is 2.18. The minimum absolute atomic E-state index is 0.870. The van der Waals surface area contributed by atoms with Gasteiger partial charge in [0, 0.05) is 5.56 Å². The van der Waals surface area contributed by atoms with Crippen LogP contribution in [-0.4, -0.2) is 5.71 Å². The van der Waals surface area contributed by atoms with Crippen LogP contribution in [0, 0.1) is 0 Å². The van der Waals surface area contributed by atoms with Gasteiger partial charge in [-0.05, 0) is 29.4 Å². The predicted octanol–water partition coefficient (Wildman–Crippen LogP) is 5.11. The first-order valence-electron chi connectivity index (χ1n) is 7.53. The molecule has 0 bridgehead atoms. The lowest BCUT2D eigenvalue weighted by Crippen LogP contribution is -2.01. The second kappa shape index (κ2) is 7.23. The first kappa shape index (κ1) is 14.8. The van der Waals surface area contributed by atoms with Crippen LogP contribution >= 0.6 is 0 Å². The van der Waals surface area contributed by atoms with Crippen LogP contribution in [-0.2, 0) is 0 Å². The summed E-state index contributed by atoms with van der Waals surface area (Å²) in [6.07, 6.45) is 10.1. The summed E-state index contributed by atoms with van der Waals surface area (Å²) in [6, 6.07) is 20.0. The molecule has 1 aliphatic carbocycles. The third-order valence-electron chi connectivity index (χ3n) is 3.51. The Labute approximate surface area is 136 Å². The molecular weight excluding hydrogens is 280 g/mol. The number of hydrogen-bond donors (Lipinski definition) is 1. The van der Waals surface area contributed by atoms with E-state index in [9.17, 15) is 0 Å². The molecule has 0 heterocycles. The van der Waals surface area contributed by atoms with Crippen molar-refractivity contribution in [2.45, 2.75) is 0 Å². The SMILES string of the molecule is C=C1C=CC=C1/C=C/C(=N\Nc1ccccc1)c1ccccc1. The number of nitrogens with one attached hydrogen (secondary N) is 1. The number of benzene rings is 2. The van der Waals surface area contributed by atoms with Gasteiger partial charge in [-0.25, -0.2) is 0 Å². The molecule has 0 radical (unpaired) electrons. The average molecular weight is 298 g/mol. The Morgan fingerprint density at radius 1 is 0.957 bits per heavy atom. The molecule has 1 N–H and O–H groups in total. The molecule has 0 saturated heterocycles. The highest BCUT2D eigenvalue weighted by atomic mass is 15.3. The molecule has 23 heavy (non-hydrogen) atoms. The van der Waals surface area contributed by atoms with E-state index in [0.29, 0.717) is 0 Å². The van der Waals surface area contributed by atoms with Crippen molar-refractivity contribution in [2.24, 2.45) is 5.10 Å². The summed E-state index contributed by atoms with van der Waals surface area (Å²) >= 11 is 0. The number of rotatable bonds is 5. The Balaban J connectivity index is 1.85. The van der Waals surface area contributed by atoms with Crippen molar-refractivity contribution in [2.75, 3.05) is 5.43 Å². The molecule has 0 spiro atoms. The number of allylic oxidation sites excluding steroid dienone is 7. The van der Waals surface area contributed by atoms with Gasteiger partial charge in [-0.15, -0.1) is 0 Å². The third kappa shape index (κ3) is 3.95. The number of para-hydroxylation sites is 1. The van der Waals surface area contributed by atoms with E-state index in [1.54, 1.807) is 0 Å². The maximum atomic E-state index is 4.55. The summed E-state index contributed by atoms with van der Waals surface area (Å²) in [5.74, 6) is 0. The molecule has 0 aromatic heterocycles. The molecule has 0 amide bonds. The molecule has 2 heteroatoms. The minimum atomic E-state index is 0.870. The number of hydrogen-bond acceptors (Lipinski definition) is 2. The quantitative estimate of drug-likeness (QED) is 0.602. The van der Waals surface area contributed by atoms with Crippen molar-refractivity contribution in [3.05, 3.63) is 114 Å². The lowest BCUT2D eigenvalue weighted by Gasteiger charge is -2.05. The van der Waals surface area contributed by atoms with E-state index >= 15 is 0 Å². The van der Waals surface area contributed by atoms with Crippen molar-refractivity contribution in [3.63, 3.8) is 0 Å². The summed E-state index contributed by atoms with van der Waals surface area (Å²) in [7, 11) is 0. The molecule has 0 fully saturated rings. The van der Waals surface area contributed by atoms with E-state index in [-0.39, 0.29) is 0 Å². The normalized spacial score (nSPS) is 14.3. The average Bonchev–Trinajstić information content (AvgIpc) is 3.02. The maximum absolute atomic E-state index is 4.55. The fraction of sp³-hybridized carbons (Fsp3) is 0. The Kier molecular flexibility index (Phi) is 4.65. The summed E-state index contributed by atoms with van der Waals surface area (Å²) in [4.78, 5) is 0. The van der Waals surface area contributed by atoms with Crippen molar-refractivity contribution in [1.82, 2.24) is 0 Å². The van der Waals surface area contributed by atoms with Crippen LogP contribution in [0.1, 0.15) is 5.56 Å². The lowest BCUT2D eigenvalue weighted by molar-refractivity contribution is 1.33. The molecule has 2 nitrogen and oxygen atoms in total. The van der Waals surface area contributed by atoms with E-state index in [1.807, 2.05) is 91.0 Å². The van der Waals surface area contributed by atoms with E-state index < -0.39 is 0 Å². The van der Waals surface area contributed by atoms with Gasteiger partial charge in [0.2, 0.25) is 0 Å². The summed E-state index contributed by atoms with van der Waals surface area (Å²) in [5, 5.41) is 4.55. The van der Waals surface area contributed by atoms with Gasteiger partial charge in [0.25, 0.3) is 0 Å². The number of anilines is 1. The standard InChI is InChI=1S/C21H18N2/c1-17-9-8-12-18(17)15-16-21(19-10-4-2-5-11-19)23-22-20-13-6-3-7-14-20/h2-16,22H,1H2/b16-15+,23-21+. The molecule has 2 aromatic rings. The first-order valence-corrected chi connectivity index (χ1v) is 7.53. The monoisotopic (exact) mass is 298 g/mol. The van der Waals surface area contributed by atoms with Crippen LogP contribution in [0.5, 0.6) is 0 Å². The van der Waals surface area contributed by atoms with Crippen molar-refractivity contribution >= 4 is 11.4 Å². The smallest absolute Gasteiger partial charge is 0.0905 e. The first-order chi connectivity index (χ1) is 11.3. The number of hydrazone groups is 1. The molecule has 112 valence electrons. The van der Waals surface area contributed by atoms with Gasteiger partial charge in [-0.1, -0.05) is 79.4 Å². The molecule has 2 aromatic carbocycles. The third-order valence-corrected chi connectivity index (χ3v) is 3.51. The largest absolute Gasteiger partial charge is 0.278 e. The molecule has 0 atom stereocenters. The van der Waals surface area contributed by atoms with Crippen molar-refractivity contribution in [1.29, 1.82) is 0 Å². The van der Waals surface area contributed by atoms with Crippen LogP contribution in [0.25, 0.3) is 0 Å².